The molecule has 1 heterocycles. The predicted molar refractivity (Wildman–Crippen MR) is 77.7 cm³/mol. The Kier molecular flexibility index (Phi) is 4.65. The van der Waals surface area contributed by atoms with Crippen LogP contribution >= 0.6 is 11.3 Å². The van der Waals surface area contributed by atoms with E-state index in [2.05, 4.69) is 17.6 Å². The molecule has 1 fully saturated rings. The minimum atomic E-state index is -1.11. The van der Waals surface area contributed by atoms with Crippen molar-refractivity contribution in [3.8, 4) is 0 Å². The Labute approximate surface area is 122 Å². The Hall–Kier alpha value is -1.56. The van der Waals surface area contributed by atoms with Gasteiger partial charge < -0.3 is 15.7 Å². The van der Waals surface area contributed by atoms with Gasteiger partial charge in [-0.05, 0) is 54.0 Å². The van der Waals surface area contributed by atoms with Gasteiger partial charge in [0, 0.05) is 6.54 Å². The van der Waals surface area contributed by atoms with Gasteiger partial charge in [-0.1, -0.05) is 6.92 Å². The second kappa shape index (κ2) is 6.26. The summed E-state index contributed by atoms with van der Waals surface area (Å²) in [6.45, 7) is 2.53. The van der Waals surface area contributed by atoms with Crippen molar-refractivity contribution in [1.82, 2.24) is 10.6 Å². The van der Waals surface area contributed by atoms with Gasteiger partial charge >= 0.3 is 12.0 Å². The maximum Gasteiger partial charge on any atom is 0.329 e. The third kappa shape index (κ3) is 3.50. The summed E-state index contributed by atoms with van der Waals surface area (Å²) in [5, 5.41) is 18.7. The summed E-state index contributed by atoms with van der Waals surface area (Å²) in [5.41, 5.74) is -0.0857. The van der Waals surface area contributed by atoms with Gasteiger partial charge in [-0.2, -0.15) is 11.3 Å². The molecule has 0 bridgehead atoms. The molecule has 20 heavy (non-hydrogen) atoms. The molecule has 1 aromatic rings. The molecular weight excluding hydrogens is 276 g/mol. The van der Waals surface area contributed by atoms with Crippen molar-refractivity contribution in [2.75, 3.05) is 0 Å². The Morgan fingerprint density at radius 2 is 2.15 bits per heavy atom. The monoisotopic (exact) mass is 296 g/mol. The van der Waals surface area contributed by atoms with E-state index in [9.17, 15) is 14.7 Å². The summed E-state index contributed by atoms with van der Waals surface area (Å²) in [4.78, 5) is 23.4. The van der Waals surface area contributed by atoms with Crippen LogP contribution < -0.4 is 10.6 Å². The fraction of sp³-hybridized carbons (Fsp3) is 0.571. The molecule has 0 aromatic carbocycles. The van der Waals surface area contributed by atoms with Crippen molar-refractivity contribution in [1.29, 1.82) is 0 Å². The van der Waals surface area contributed by atoms with E-state index in [4.69, 9.17) is 0 Å². The maximum absolute atomic E-state index is 11.9. The van der Waals surface area contributed by atoms with Crippen LogP contribution in [0.25, 0.3) is 0 Å². The minimum Gasteiger partial charge on any atom is -0.480 e. The molecule has 2 rings (SSSR count). The average molecular weight is 296 g/mol. The van der Waals surface area contributed by atoms with Crippen molar-refractivity contribution >= 4 is 23.3 Å². The van der Waals surface area contributed by atoms with Crippen molar-refractivity contribution in [3.05, 3.63) is 22.4 Å². The number of urea groups is 1. The molecule has 0 saturated heterocycles. The van der Waals surface area contributed by atoms with Gasteiger partial charge in [-0.15, -0.1) is 0 Å². The lowest BCUT2D eigenvalue weighted by Crippen LogP contribution is -2.58. The smallest absolute Gasteiger partial charge is 0.329 e. The van der Waals surface area contributed by atoms with Gasteiger partial charge in [0.25, 0.3) is 0 Å². The molecule has 3 N–H and O–H groups in total. The van der Waals surface area contributed by atoms with E-state index in [1.807, 2.05) is 16.8 Å². The Bertz CT molecular complexity index is 465. The number of hydrogen-bond acceptors (Lipinski definition) is 3. The van der Waals surface area contributed by atoms with Crippen molar-refractivity contribution in [2.45, 2.75) is 44.7 Å². The topological polar surface area (TPSA) is 78.4 Å². The fourth-order valence-electron chi connectivity index (χ4n) is 2.48. The van der Waals surface area contributed by atoms with E-state index in [0.29, 0.717) is 25.3 Å². The van der Waals surface area contributed by atoms with Crippen molar-refractivity contribution < 1.29 is 14.7 Å². The van der Waals surface area contributed by atoms with E-state index < -0.39 is 17.5 Å². The number of carboxylic acid groups (broad SMARTS) is 1. The summed E-state index contributed by atoms with van der Waals surface area (Å²) >= 11 is 1.57. The summed E-state index contributed by atoms with van der Waals surface area (Å²) in [7, 11) is 0. The lowest BCUT2D eigenvalue weighted by molar-refractivity contribution is -0.146. The lowest BCUT2D eigenvalue weighted by atomic mass is 9.77. The molecule has 5 nitrogen and oxygen atoms in total. The summed E-state index contributed by atoms with van der Waals surface area (Å²) in [5.74, 6) is -0.409. The Balaban J connectivity index is 1.91. The van der Waals surface area contributed by atoms with Gasteiger partial charge in [-0.3, -0.25) is 0 Å². The molecule has 0 radical (unpaired) electrons. The van der Waals surface area contributed by atoms with Gasteiger partial charge in [0.15, 0.2) is 0 Å². The highest BCUT2D eigenvalue weighted by Gasteiger charge is 2.42. The first kappa shape index (κ1) is 14.8. The van der Waals surface area contributed by atoms with E-state index in [-0.39, 0.29) is 0 Å². The van der Waals surface area contributed by atoms with Crippen LogP contribution in [0.1, 0.15) is 38.2 Å². The quantitative estimate of drug-likeness (QED) is 0.799. The number of carboxylic acids is 1. The molecular formula is C14H20N2O3S. The van der Waals surface area contributed by atoms with Crippen LogP contribution in [0.5, 0.6) is 0 Å². The standard InChI is InChI=1S/C14H20N2O3S/c1-10-2-5-14(6-3-10,12(17)18)16-13(19)15-8-11-4-7-20-9-11/h4,7,9-10H,2-3,5-6,8H2,1H3,(H,17,18)(H2,15,16,19). The molecule has 0 aliphatic heterocycles. The third-order valence-electron chi connectivity index (χ3n) is 3.92. The number of nitrogens with one attached hydrogen (secondary N) is 2. The van der Waals surface area contributed by atoms with Gasteiger partial charge in [-0.25, -0.2) is 9.59 Å². The summed E-state index contributed by atoms with van der Waals surface area (Å²) in [6.07, 6.45) is 2.65. The van der Waals surface area contributed by atoms with Crippen LogP contribution in [0, 0.1) is 5.92 Å². The molecule has 110 valence electrons. The number of hydrogen-bond donors (Lipinski definition) is 3. The van der Waals surface area contributed by atoms with Gasteiger partial charge in [0.1, 0.15) is 5.54 Å². The third-order valence-corrected chi connectivity index (χ3v) is 4.66. The van der Waals surface area contributed by atoms with E-state index in [1.54, 1.807) is 11.3 Å². The molecule has 2 amide bonds. The van der Waals surface area contributed by atoms with E-state index >= 15 is 0 Å². The average Bonchev–Trinajstić information content (AvgIpc) is 2.92. The normalized spacial score (nSPS) is 25.9. The first-order chi connectivity index (χ1) is 9.52. The van der Waals surface area contributed by atoms with Crippen molar-refractivity contribution in [2.24, 2.45) is 5.92 Å². The van der Waals surface area contributed by atoms with Crippen molar-refractivity contribution in [3.63, 3.8) is 0 Å². The second-order valence-electron chi connectivity index (χ2n) is 5.51. The van der Waals surface area contributed by atoms with Crippen LogP contribution in [0.4, 0.5) is 4.79 Å². The lowest BCUT2D eigenvalue weighted by Gasteiger charge is -2.36. The zero-order valence-electron chi connectivity index (χ0n) is 11.5. The fourth-order valence-corrected chi connectivity index (χ4v) is 3.15. The zero-order valence-corrected chi connectivity index (χ0v) is 12.3. The summed E-state index contributed by atoms with van der Waals surface area (Å²) < 4.78 is 0. The van der Waals surface area contributed by atoms with E-state index in [1.165, 1.54) is 0 Å². The largest absolute Gasteiger partial charge is 0.480 e. The highest BCUT2D eigenvalue weighted by Crippen LogP contribution is 2.32. The molecule has 0 unspecified atom stereocenters. The van der Waals surface area contributed by atoms with Gasteiger partial charge in [0.2, 0.25) is 0 Å². The zero-order chi connectivity index (χ0) is 14.6. The Morgan fingerprint density at radius 3 is 2.70 bits per heavy atom. The molecule has 6 heteroatoms. The van der Waals surface area contributed by atoms with Crippen LogP contribution in [0.3, 0.4) is 0 Å². The van der Waals surface area contributed by atoms with Crippen LogP contribution in [-0.4, -0.2) is 22.6 Å². The molecule has 1 aliphatic rings. The number of aliphatic carboxylic acids is 1. The number of amides is 2. The molecule has 1 aliphatic carbocycles. The molecule has 1 aromatic heterocycles. The van der Waals surface area contributed by atoms with E-state index in [0.717, 1.165) is 18.4 Å². The number of rotatable bonds is 4. The highest BCUT2D eigenvalue weighted by molar-refractivity contribution is 7.07. The molecule has 0 atom stereocenters. The molecule has 1 saturated carbocycles. The van der Waals surface area contributed by atoms with Crippen LogP contribution in [-0.2, 0) is 11.3 Å². The van der Waals surface area contributed by atoms with Crippen LogP contribution in [0.2, 0.25) is 0 Å². The number of carbonyl (C=O) groups excluding carboxylic acids is 1. The van der Waals surface area contributed by atoms with Crippen LogP contribution in [0.15, 0.2) is 16.8 Å². The van der Waals surface area contributed by atoms with Gasteiger partial charge in [0.05, 0.1) is 0 Å². The first-order valence-electron chi connectivity index (χ1n) is 6.82. The number of carbonyl (C=O) groups is 2. The first-order valence-corrected chi connectivity index (χ1v) is 7.76. The highest BCUT2D eigenvalue weighted by atomic mass is 32.1. The number of thiophene rings is 1. The summed E-state index contributed by atoms with van der Waals surface area (Å²) in [6, 6.07) is 1.52. The maximum atomic E-state index is 11.9. The minimum absolute atomic E-state index is 0.409. The Morgan fingerprint density at radius 1 is 1.45 bits per heavy atom. The molecule has 0 spiro atoms. The SMILES string of the molecule is CC1CCC(NC(=O)NCc2ccsc2)(C(=O)O)CC1. The predicted octanol–water partition coefficient (Wildman–Crippen LogP) is 2.58. The second-order valence-corrected chi connectivity index (χ2v) is 6.29.